The third kappa shape index (κ3) is 1.77. The van der Waals surface area contributed by atoms with Crippen molar-refractivity contribution >= 4 is 11.5 Å². The van der Waals surface area contributed by atoms with Gasteiger partial charge in [0.25, 0.3) is 0 Å². The van der Waals surface area contributed by atoms with Gasteiger partial charge in [-0.2, -0.15) is 0 Å². The fourth-order valence-electron chi connectivity index (χ4n) is 6.90. The molecular formula is C19H28FNO. The van der Waals surface area contributed by atoms with Crippen molar-refractivity contribution in [2.24, 2.45) is 34.5 Å². The smallest absolute Gasteiger partial charge is 0.139 e. The lowest BCUT2D eigenvalue weighted by molar-refractivity contribution is -0.150. The van der Waals surface area contributed by atoms with E-state index in [-0.39, 0.29) is 16.7 Å². The molecule has 0 aromatic carbocycles. The maximum atomic E-state index is 15.3. The van der Waals surface area contributed by atoms with Crippen molar-refractivity contribution in [2.75, 3.05) is 0 Å². The first-order valence-corrected chi connectivity index (χ1v) is 9.10. The molecule has 7 atom stereocenters. The highest BCUT2D eigenvalue weighted by Gasteiger charge is 2.63. The Kier molecular flexibility index (Phi) is 3.13. The number of ketones is 1. The summed E-state index contributed by atoms with van der Waals surface area (Å²) in [4.78, 5) is 12.4. The van der Waals surface area contributed by atoms with Crippen LogP contribution in [0.2, 0.25) is 0 Å². The molecule has 4 rings (SSSR count). The summed E-state index contributed by atoms with van der Waals surface area (Å²) in [5.74, 6) is 1.75. The first kappa shape index (κ1) is 14.8. The molecule has 0 heterocycles. The maximum absolute atomic E-state index is 15.3. The molecule has 0 bridgehead atoms. The summed E-state index contributed by atoms with van der Waals surface area (Å²) in [6.45, 7) is 4.34. The van der Waals surface area contributed by atoms with E-state index in [1.807, 2.05) is 6.92 Å². The minimum Gasteiger partial charge on any atom is -0.310 e. The second-order valence-electron chi connectivity index (χ2n) is 8.98. The van der Waals surface area contributed by atoms with Gasteiger partial charge in [-0.15, -0.1) is 0 Å². The van der Waals surface area contributed by atoms with Crippen molar-refractivity contribution in [1.82, 2.24) is 0 Å². The molecule has 1 N–H and O–H groups in total. The van der Waals surface area contributed by atoms with Crippen LogP contribution in [-0.4, -0.2) is 17.7 Å². The van der Waals surface area contributed by atoms with Gasteiger partial charge in [-0.05, 0) is 74.0 Å². The van der Waals surface area contributed by atoms with Crippen molar-refractivity contribution in [3.8, 4) is 0 Å². The lowest BCUT2D eigenvalue weighted by Crippen LogP contribution is -2.57. The molecule has 0 aromatic heterocycles. The number of rotatable bonds is 0. The molecule has 0 aromatic rings. The number of alkyl halides is 1. The molecule has 3 heteroatoms. The Labute approximate surface area is 132 Å². The van der Waals surface area contributed by atoms with Crippen LogP contribution in [-0.2, 0) is 4.79 Å². The van der Waals surface area contributed by atoms with E-state index in [0.717, 1.165) is 44.2 Å². The quantitative estimate of drug-likeness (QED) is 0.700. The van der Waals surface area contributed by atoms with Crippen molar-refractivity contribution in [3.63, 3.8) is 0 Å². The molecule has 122 valence electrons. The zero-order valence-corrected chi connectivity index (χ0v) is 13.8. The molecule has 4 fully saturated rings. The molecule has 0 spiro atoms. The first-order chi connectivity index (χ1) is 10.4. The second kappa shape index (κ2) is 4.64. The molecule has 22 heavy (non-hydrogen) atoms. The topological polar surface area (TPSA) is 40.9 Å². The van der Waals surface area contributed by atoms with Crippen LogP contribution in [0.5, 0.6) is 0 Å². The minimum atomic E-state index is -0.826. The summed E-state index contributed by atoms with van der Waals surface area (Å²) in [5, 5.41) is 8.02. The van der Waals surface area contributed by atoms with Gasteiger partial charge in [-0.3, -0.25) is 4.79 Å². The van der Waals surface area contributed by atoms with Crippen LogP contribution in [0.4, 0.5) is 4.39 Å². The molecule has 2 nitrogen and oxygen atoms in total. The van der Waals surface area contributed by atoms with Crippen LogP contribution in [0.25, 0.3) is 0 Å². The number of carbonyl (C=O) groups is 1. The molecule has 0 radical (unpaired) electrons. The van der Waals surface area contributed by atoms with Crippen LogP contribution in [0.15, 0.2) is 0 Å². The summed E-state index contributed by atoms with van der Waals surface area (Å²) in [5.41, 5.74) is 0.540. The van der Waals surface area contributed by atoms with E-state index in [2.05, 4.69) is 6.92 Å². The molecular weight excluding hydrogens is 277 g/mol. The first-order valence-electron chi connectivity index (χ1n) is 9.10. The van der Waals surface area contributed by atoms with Gasteiger partial charge >= 0.3 is 0 Å². The summed E-state index contributed by atoms with van der Waals surface area (Å²) in [7, 11) is 0. The predicted molar refractivity (Wildman–Crippen MR) is 84.7 cm³/mol. The monoisotopic (exact) mass is 305 g/mol. The summed E-state index contributed by atoms with van der Waals surface area (Å²) in [6, 6.07) is 0. The van der Waals surface area contributed by atoms with Gasteiger partial charge in [0.15, 0.2) is 0 Å². The van der Waals surface area contributed by atoms with E-state index in [1.165, 1.54) is 0 Å². The number of hydrogen-bond acceptors (Lipinski definition) is 2. The molecule has 4 saturated carbocycles. The Morgan fingerprint density at radius 1 is 1.18 bits per heavy atom. The largest absolute Gasteiger partial charge is 0.310 e. The van der Waals surface area contributed by atoms with E-state index in [9.17, 15) is 4.79 Å². The van der Waals surface area contributed by atoms with Crippen molar-refractivity contribution in [2.45, 2.75) is 71.4 Å². The van der Waals surface area contributed by atoms with Crippen LogP contribution in [0, 0.1) is 39.9 Å². The summed E-state index contributed by atoms with van der Waals surface area (Å²) >= 11 is 0. The van der Waals surface area contributed by atoms with Crippen LogP contribution in [0.1, 0.15) is 65.2 Å². The second-order valence-corrected chi connectivity index (χ2v) is 8.98. The Balaban J connectivity index is 1.70. The molecule has 0 amide bonds. The van der Waals surface area contributed by atoms with E-state index in [4.69, 9.17) is 5.41 Å². The molecule has 0 saturated heterocycles. The van der Waals surface area contributed by atoms with Crippen molar-refractivity contribution in [3.05, 3.63) is 0 Å². The summed E-state index contributed by atoms with van der Waals surface area (Å²) in [6.07, 6.45) is 6.21. The van der Waals surface area contributed by atoms with Gasteiger partial charge in [-0.25, -0.2) is 4.39 Å². The lowest BCUT2D eigenvalue weighted by Gasteiger charge is -2.60. The van der Waals surface area contributed by atoms with E-state index in [0.29, 0.717) is 36.4 Å². The number of Topliss-reactive ketones (excluding diaryl/α,β-unsaturated/α-hetero) is 1. The zero-order chi connectivity index (χ0) is 15.7. The maximum Gasteiger partial charge on any atom is 0.139 e. The Morgan fingerprint density at radius 3 is 2.73 bits per heavy atom. The van der Waals surface area contributed by atoms with E-state index in [1.54, 1.807) is 0 Å². The Morgan fingerprint density at radius 2 is 1.95 bits per heavy atom. The molecule has 5 unspecified atom stereocenters. The summed E-state index contributed by atoms with van der Waals surface area (Å²) < 4.78 is 15.3. The van der Waals surface area contributed by atoms with E-state index >= 15 is 4.39 Å². The Hall–Kier alpha value is -0.730. The van der Waals surface area contributed by atoms with Crippen molar-refractivity contribution in [1.29, 1.82) is 5.41 Å². The molecule has 4 aliphatic carbocycles. The Bertz CT molecular complexity index is 532. The number of hydrogen-bond donors (Lipinski definition) is 1. The highest BCUT2D eigenvalue weighted by atomic mass is 19.1. The standard InChI is InChI=1S/C19H28FNO/c1-18-8-7-12(21)9-11(18)3-4-13-14-5-6-16(22)19(14,2)10-15(20)17(13)18/h11,13-15,17,21H,3-10H2,1-2H3/t11?,13?,14?,15?,17?,18-,19-/m0/s1. The van der Waals surface area contributed by atoms with Gasteiger partial charge in [0, 0.05) is 17.5 Å². The SMILES string of the molecule is C[C@]12CCC(=N)CC1CCC1C2C(F)C[C@]2(C)C(=O)CCC12. The van der Waals surface area contributed by atoms with Gasteiger partial charge < -0.3 is 5.41 Å². The lowest BCUT2D eigenvalue weighted by atomic mass is 9.44. The minimum absolute atomic E-state index is 0.0554. The molecule has 4 aliphatic rings. The van der Waals surface area contributed by atoms with E-state index < -0.39 is 6.17 Å². The average molecular weight is 305 g/mol. The van der Waals surface area contributed by atoms with Crippen LogP contribution < -0.4 is 0 Å². The normalized spacial score (nSPS) is 54.6. The van der Waals surface area contributed by atoms with Gasteiger partial charge in [-0.1, -0.05) is 13.8 Å². The third-order valence-corrected chi connectivity index (χ3v) is 8.13. The zero-order valence-electron chi connectivity index (χ0n) is 13.8. The molecule has 0 aliphatic heterocycles. The fourth-order valence-corrected chi connectivity index (χ4v) is 6.90. The number of nitrogens with one attached hydrogen (secondary N) is 1. The van der Waals surface area contributed by atoms with Gasteiger partial charge in [0.05, 0.1) is 0 Å². The fraction of sp³-hybridized carbons (Fsp3) is 0.895. The van der Waals surface area contributed by atoms with Crippen molar-refractivity contribution < 1.29 is 9.18 Å². The number of fused-ring (bicyclic) bond motifs is 5. The number of halogens is 1. The van der Waals surface area contributed by atoms with Crippen LogP contribution >= 0.6 is 0 Å². The number of carbonyl (C=O) groups excluding carboxylic acids is 1. The predicted octanol–water partition coefficient (Wildman–Crippen LogP) is 4.57. The average Bonchev–Trinajstić information content (AvgIpc) is 2.75. The van der Waals surface area contributed by atoms with Crippen LogP contribution in [0.3, 0.4) is 0 Å². The third-order valence-electron chi connectivity index (χ3n) is 8.13. The highest BCUT2D eigenvalue weighted by Crippen LogP contribution is 2.65. The van der Waals surface area contributed by atoms with Gasteiger partial charge in [0.2, 0.25) is 0 Å². The highest BCUT2D eigenvalue weighted by molar-refractivity contribution is 5.87. The van der Waals surface area contributed by atoms with Gasteiger partial charge in [0.1, 0.15) is 12.0 Å².